The third-order valence-corrected chi connectivity index (χ3v) is 12.8. The summed E-state index contributed by atoms with van der Waals surface area (Å²) in [5.41, 5.74) is 14.8. The van der Waals surface area contributed by atoms with E-state index >= 15 is 0 Å². The van der Waals surface area contributed by atoms with Crippen molar-refractivity contribution in [3.05, 3.63) is 229 Å². The molecular weight excluding hydrogens is 831 g/mol. The number of hydrogen-bond acceptors (Lipinski definition) is 5. The summed E-state index contributed by atoms with van der Waals surface area (Å²) in [6.45, 7) is 0. The molecule has 0 saturated heterocycles. The van der Waals surface area contributed by atoms with Crippen LogP contribution in [0.2, 0.25) is 0 Å². The van der Waals surface area contributed by atoms with Gasteiger partial charge < -0.3 is 9.13 Å². The standard InChI is InChI=1S/C61H35N7/c62-36-39-13-11-19-43(29-39)45-25-27-57-50(31-45)48-21-7-9-23-55(48)67(57)59-33-47(54-35-53(41-15-3-1-4-16-41)65-61(66-54)42-17-5-2-6-18-42)34-60(52(59)38-64)68-56-24-10-8-22-49(56)51-32-46(26-28-58(51)68)44-20-12-14-40(30-44)37-63/h1-35H. The van der Waals surface area contributed by atoms with E-state index in [-0.39, 0.29) is 0 Å². The monoisotopic (exact) mass is 865 g/mol. The Bertz CT molecular complexity index is 3870. The van der Waals surface area contributed by atoms with Crippen LogP contribution in [0.3, 0.4) is 0 Å². The topological polar surface area (TPSA) is 107 Å². The van der Waals surface area contributed by atoms with Crippen molar-refractivity contribution in [2.75, 3.05) is 0 Å². The van der Waals surface area contributed by atoms with Gasteiger partial charge in [0.05, 0.1) is 68.1 Å². The average molecular weight is 866 g/mol. The Hall–Kier alpha value is -9.87. The number of fused-ring (bicyclic) bond motifs is 6. The van der Waals surface area contributed by atoms with Gasteiger partial charge in [-0.2, -0.15) is 15.8 Å². The number of nitrogens with zero attached hydrogens (tertiary/aromatic N) is 7. The highest BCUT2D eigenvalue weighted by atomic mass is 15.0. The lowest BCUT2D eigenvalue weighted by atomic mass is 10.0. The van der Waals surface area contributed by atoms with E-state index in [1.807, 2.05) is 127 Å². The number of hydrogen-bond donors (Lipinski definition) is 0. The molecule has 9 aromatic carbocycles. The summed E-state index contributed by atoms with van der Waals surface area (Å²) in [7, 11) is 0. The first-order valence-electron chi connectivity index (χ1n) is 22.2. The minimum atomic E-state index is 0.483. The zero-order valence-corrected chi connectivity index (χ0v) is 36.3. The van der Waals surface area contributed by atoms with Crippen molar-refractivity contribution in [1.82, 2.24) is 19.1 Å². The van der Waals surface area contributed by atoms with Gasteiger partial charge in [-0.05, 0) is 101 Å². The Morgan fingerprint density at radius 3 is 1.24 bits per heavy atom. The fourth-order valence-corrected chi connectivity index (χ4v) is 9.66. The molecule has 0 amide bonds. The van der Waals surface area contributed by atoms with Crippen molar-refractivity contribution < 1.29 is 0 Å². The highest BCUT2D eigenvalue weighted by molar-refractivity contribution is 6.12. The number of benzene rings is 9. The SMILES string of the molecule is N#Cc1cccc(-c2ccc3c(c2)c2ccccc2n3-c2cc(-c3cc(-c4ccccc4)nc(-c4ccccc4)n3)cc(-n3c4ccccc4c4cc(-c5cccc(C#N)c5)ccc43)c2C#N)c1. The van der Waals surface area contributed by atoms with Crippen LogP contribution in [0.5, 0.6) is 0 Å². The molecule has 314 valence electrons. The van der Waals surface area contributed by atoms with E-state index in [9.17, 15) is 15.8 Å². The van der Waals surface area contributed by atoms with Crippen molar-refractivity contribution >= 4 is 43.6 Å². The molecule has 3 heterocycles. The minimum Gasteiger partial charge on any atom is -0.308 e. The van der Waals surface area contributed by atoms with Gasteiger partial charge in [-0.25, -0.2) is 9.97 Å². The summed E-state index contributed by atoms with van der Waals surface area (Å²) in [5, 5.41) is 35.2. The number of rotatable bonds is 7. The normalized spacial score (nSPS) is 11.2. The van der Waals surface area contributed by atoms with Gasteiger partial charge in [-0.1, -0.05) is 133 Å². The average Bonchev–Trinajstić information content (AvgIpc) is 3.93. The predicted octanol–water partition coefficient (Wildman–Crippen LogP) is 14.6. The Labute approximate surface area is 391 Å². The highest BCUT2D eigenvalue weighted by Gasteiger charge is 2.24. The van der Waals surface area contributed by atoms with Crippen molar-refractivity contribution in [2.45, 2.75) is 0 Å². The van der Waals surface area contributed by atoms with Crippen LogP contribution >= 0.6 is 0 Å². The molecule has 0 aliphatic carbocycles. The summed E-state index contributed by atoms with van der Waals surface area (Å²) >= 11 is 0. The Kier molecular flexibility index (Phi) is 9.51. The maximum atomic E-state index is 11.7. The summed E-state index contributed by atoms with van der Waals surface area (Å²) in [6.07, 6.45) is 0. The van der Waals surface area contributed by atoms with E-state index in [4.69, 9.17) is 9.97 Å². The molecule has 0 spiro atoms. The van der Waals surface area contributed by atoms with Gasteiger partial charge in [0.15, 0.2) is 5.82 Å². The number of nitriles is 3. The van der Waals surface area contributed by atoms with Gasteiger partial charge >= 0.3 is 0 Å². The smallest absolute Gasteiger partial charge is 0.160 e. The van der Waals surface area contributed by atoms with Gasteiger partial charge in [0.25, 0.3) is 0 Å². The molecule has 7 heteroatoms. The Balaban J connectivity index is 1.18. The summed E-state index contributed by atoms with van der Waals surface area (Å²) in [5.74, 6) is 0.587. The van der Waals surface area contributed by atoms with E-state index in [1.165, 1.54) is 0 Å². The number of para-hydroxylation sites is 2. The van der Waals surface area contributed by atoms with Gasteiger partial charge in [0.1, 0.15) is 11.6 Å². The zero-order chi connectivity index (χ0) is 45.7. The lowest BCUT2D eigenvalue weighted by molar-refractivity contribution is 1.11. The van der Waals surface area contributed by atoms with Gasteiger partial charge in [0, 0.05) is 38.2 Å². The molecule has 7 nitrogen and oxygen atoms in total. The van der Waals surface area contributed by atoms with Gasteiger partial charge in [0.2, 0.25) is 0 Å². The van der Waals surface area contributed by atoms with Crippen molar-refractivity contribution in [2.24, 2.45) is 0 Å². The van der Waals surface area contributed by atoms with E-state index < -0.39 is 0 Å². The van der Waals surface area contributed by atoms with Crippen LogP contribution in [-0.4, -0.2) is 19.1 Å². The van der Waals surface area contributed by atoms with E-state index in [1.54, 1.807) is 0 Å². The molecule has 0 fully saturated rings. The van der Waals surface area contributed by atoms with Crippen LogP contribution < -0.4 is 0 Å². The van der Waals surface area contributed by atoms with Crippen LogP contribution in [0.25, 0.3) is 111 Å². The maximum absolute atomic E-state index is 11.7. The fraction of sp³-hybridized carbons (Fsp3) is 0. The summed E-state index contributed by atoms with van der Waals surface area (Å²) in [6, 6.07) is 78.4. The van der Waals surface area contributed by atoms with Crippen LogP contribution in [0.15, 0.2) is 212 Å². The molecule has 0 bridgehead atoms. The quantitative estimate of drug-likeness (QED) is 0.159. The van der Waals surface area contributed by atoms with Crippen LogP contribution in [0.4, 0.5) is 0 Å². The molecule has 0 saturated carbocycles. The summed E-state index contributed by atoms with van der Waals surface area (Å²) < 4.78 is 4.41. The molecule has 12 rings (SSSR count). The molecule has 0 aliphatic rings. The van der Waals surface area contributed by atoms with Crippen molar-refractivity contribution in [3.8, 4) is 85.7 Å². The molecule has 12 aromatic rings. The van der Waals surface area contributed by atoms with Crippen LogP contribution in [0.1, 0.15) is 16.7 Å². The molecule has 0 aliphatic heterocycles. The Morgan fingerprint density at radius 1 is 0.309 bits per heavy atom. The molecule has 0 radical (unpaired) electrons. The molecule has 0 N–H and O–H groups in total. The molecule has 0 atom stereocenters. The lowest BCUT2D eigenvalue weighted by Gasteiger charge is -2.19. The van der Waals surface area contributed by atoms with Crippen LogP contribution in [0, 0.1) is 34.0 Å². The number of aromatic nitrogens is 4. The third kappa shape index (κ3) is 6.65. The lowest BCUT2D eigenvalue weighted by Crippen LogP contribution is -2.06. The second-order valence-electron chi connectivity index (χ2n) is 16.7. The Morgan fingerprint density at radius 2 is 0.735 bits per heavy atom. The zero-order valence-electron chi connectivity index (χ0n) is 36.3. The first-order valence-corrected chi connectivity index (χ1v) is 22.2. The largest absolute Gasteiger partial charge is 0.308 e. The molecule has 68 heavy (non-hydrogen) atoms. The predicted molar refractivity (Wildman–Crippen MR) is 272 cm³/mol. The second kappa shape index (κ2) is 16.3. The van der Waals surface area contributed by atoms with Crippen molar-refractivity contribution in [3.63, 3.8) is 0 Å². The van der Waals surface area contributed by atoms with Crippen LogP contribution in [-0.2, 0) is 0 Å². The van der Waals surface area contributed by atoms with E-state index in [2.05, 4.69) is 112 Å². The molecular formula is C61H35N7. The van der Waals surface area contributed by atoms with E-state index in [0.717, 1.165) is 88.2 Å². The van der Waals surface area contributed by atoms with E-state index in [0.29, 0.717) is 39.6 Å². The van der Waals surface area contributed by atoms with Gasteiger partial charge in [-0.3, -0.25) is 0 Å². The second-order valence-corrected chi connectivity index (χ2v) is 16.7. The fourth-order valence-electron chi connectivity index (χ4n) is 9.66. The van der Waals surface area contributed by atoms with Gasteiger partial charge in [-0.15, -0.1) is 0 Å². The first kappa shape index (κ1) is 39.7. The third-order valence-electron chi connectivity index (χ3n) is 12.8. The molecule has 3 aromatic heterocycles. The first-order chi connectivity index (χ1) is 33.6. The molecule has 0 unspecified atom stereocenters. The summed E-state index contributed by atoms with van der Waals surface area (Å²) in [4.78, 5) is 10.4. The van der Waals surface area contributed by atoms with Crippen molar-refractivity contribution in [1.29, 1.82) is 15.8 Å². The minimum absolute atomic E-state index is 0.483. The highest BCUT2D eigenvalue weighted by Crippen LogP contribution is 2.42. The maximum Gasteiger partial charge on any atom is 0.160 e.